The Bertz CT molecular complexity index is 787. The Morgan fingerprint density at radius 2 is 2.04 bits per heavy atom. The van der Waals surface area contributed by atoms with Gasteiger partial charge in [0.2, 0.25) is 11.8 Å². The number of carbonyl (C=O) groups is 1. The molecule has 0 aliphatic carbocycles. The van der Waals surface area contributed by atoms with E-state index in [1.807, 2.05) is 38.1 Å². The Balaban J connectivity index is 1.90. The maximum absolute atomic E-state index is 12.6. The monoisotopic (exact) mass is 405 g/mol. The van der Waals surface area contributed by atoms with Crippen LogP contribution in [0.2, 0.25) is 5.02 Å². The van der Waals surface area contributed by atoms with E-state index in [-0.39, 0.29) is 18.0 Å². The van der Waals surface area contributed by atoms with Gasteiger partial charge in [0.05, 0.1) is 13.7 Å². The number of benzene rings is 1. The summed E-state index contributed by atoms with van der Waals surface area (Å²) in [7, 11) is 3.41. The number of likely N-dealkylation sites (N-methyl/N-ethyl adjacent to an activating group) is 1. The zero-order chi connectivity index (χ0) is 20.6. The summed E-state index contributed by atoms with van der Waals surface area (Å²) in [6, 6.07) is 11.2. The lowest BCUT2D eigenvalue weighted by atomic mass is 10.0. The minimum atomic E-state index is -0.387. The van der Waals surface area contributed by atoms with Crippen LogP contribution >= 0.6 is 11.6 Å². The van der Waals surface area contributed by atoms with Crippen LogP contribution in [0.25, 0.3) is 0 Å². The summed E-state index contributed by atoms with van der Waals surface area (Å²) in [4.78, 5) is 18.4. The van der Waals surface area contributed by atoms with Crippen LogP contribution in [-0.4, -0.2) is 48.6 Å². The fraction of sp³-hybridized carbons (Fsp3) is 0.429. The van der Waals surface area contributed by atoms with Crippen molar-refractivity contribution in [3.05, 3.63) is 53.2 Å². The van der Waals surface area contributed by atoms with E-state index in [9.17, 15) is 4.79 Å². The number of aromatic nitrogens is 1. The van der Waals surface area contributed by atoms with E-state index in [0.29, 0.717) is 24.1 Å². The zero-order valence-corrected chi connectivity index (χ0v) is 17.6. The van der Waals surface area contributed by atoms with E-state index in [4.69, 9.17) is 21.1 Å². The van der Waals surface area contributed by atoms with Crippen molar-refractivity contribution in [2.75, 3.05) is 27.3 Å². The number of hydrogen-bond acceptors (Lipinski definition) is 5. The fourth-order valence-electron chi connectivity index (χ4n) is 2.58. The molecule has 2 aromatic rings. The number of rotatable bonds is 10. The predicted octanol–water partition coefficient (Wildman–Crippen LogP) is 3.54. The van der Waals surface area contributed by atoms with Gasteiger partial charge in [0.25, 0.3) is 0 Å². The molecule has 1 aromatic heterocycles. The Hall–Kier alpha value is -2.31. The molecule has 0 spiro atoms. The number of amides is 1. The van der Waals surface area contributed by atoms with Crippen LogP contribution in [0.15, 0.2) is 42.6 Å². The molecule has 152 valence electrons. The van der Waals surface area contributed by atoms with Gasteiger partial charge in [0, 0.05) is 30.9 Å². The van der Waals surface area contributed by atoms with Gasteiger partial charge in [0.15, 0.2) is 0 Å². The number of hydrogen-bond donors (Lipinski definition) is 1. The SMILES string of the molecule is CC[C@@](C)(COc1ncccc1Cl)NCC(=O)N(C)Cc1ccccc1OC. The minimum absolute atomic E-state index is 0.0125. The van der Waals surface area contributed by atoms with Crippen molar-refractivity contribution in [2.45, 2.75) is 32.4 Å². The van der Waals surface area contributed by atoms with Crippen LogP contribution in [0.3, 0.4) is 0 Å². The van der Waals surface area contributed by atoms with E-state index >= 15 is 0 Å². The maximum Gasteiger partial charge on any atom is 0.236 e. The van der Waals surface area contributed by atoms with Gasteiger partial charge in [-0.3, -0.25) is 10.1 Å². The lowest BCUT2D eigenvalue weighted by molar-refractivity contribution is -0.129. The molecule has 0 radical (unpaired) electrons. The Kier molecular flexibility index (Phi) is 8.08. The van der Waals surface area contributed by atoms with Crippen molar-refractivity contribution in [3.8, 4) is 11.6 Å². The number of nitrogens with one attached hydrogen (secondary N) is 1. The first-order chi connectivity index (χ1) is 13.4. The highest BCUT2D eigenvalue weighted by Crippen LogP contribution is 2.22. The highest BCUT2D eigenvalue weighted by atomic mass is 35.5. The molecule has 0 saturated carbocycles. The van der Waals surface area contributed by atoms with Crippen molar-refractivity contribution in [1.82, 2.24) is 15.2 Å². The summed E-state index contributed by atoms with van der Waals surface area (Å²) in [5.41, 5.74) is 0.578. The van der Waals surface area contributed by atoms with Crippen LogP contribution in [0.5, 0.6) is 11.6 Å². The van der Waals surface area contributed by atoms with Crippen LogP contribution < -0.4 is 14.8 Å². The third-order valence-electron chi connectivity index (χ3n) is 4.72. The molecule has 1 heterocycles. The van der Waals surface area contributed by atoms with E-state index in [0.717, 1.165) is 17.7 Å². The first-order valence-corrected chi connectivity index (χ1v) is 9.60. The summed E-state index contributed by atoms with van der Waals surface area (Å²) in [5.74, 6) is 1.15. The number of pyridine rings is 1. The van der Waals surface area contributed by atoms with Crippen LogP contribution in [-0.2, 0) is 11.3 Å². The van der Waals surface area contributed by atoms with Crippen molar-refractivity contribution in [1.29, 1.82) is 0 Å². The van der Waals surface area contributed by atoms with Gasteiger partial charge in [-0.1, -0.05) is 36.7 Å². The largest absolute Gasteiger partial charge is 0.496 e. The topological polar surface area (TPSA) is 63.7 Å². The highest BCUT2D eigenvalue weighted by molar-refractivity contribution is 6.31. The molecule has 28 heavy (non-hydrogen) atoms. The van der Waals surface area contributed by atoms with Gasteiger partial charge in [0.1, 0.15) is 17.4 Å². The minimum Gasteiger partial charge on any atom is -0.496 e. The molecule has 7 heteroatoms. The number of para-hydroxylation sites is 1. The molecule has 0 aliphatic heterocycles. The van der Waals surface area contributed by atoms with Crippen molar-refractivity contribution in [2.24, 2.45) is 0 Å². The predicted molar refractivity (Wildman–Crippen MR) is 111 cm³/mol. The Morgan fingerprint density at radius 3 is 2.71 bits per heavy atom. The normalized spacial score (nSPS) is 12.9. The molecule has 0 aliphatic rings. The third-order valence-corrected chi connectivity index (χ3v) is 5.01. The number of nitrogens with zero attached hydrogens (tertiary/aromatic N) is 2. The van der Waals surface area contributed by atoms with E-state index in [2.05, 4.69) is 10.3 Å². The Morgan fingerprint density at radius 1 is 1.29 bits per heavy atom. The molecule has 0 unspecified atom stereocenters. The van der Waals surface area contributed by atoms with Crippen molar-refractivity contribution >= 4 is 17.5 Å². The van der Waals surface area contributed by atoms with E-state index in [1.165, 1.54) is 0 Å². The molecule has 1 amide bonds. The average molecular weight is 406 g/mol. The van der Waals surface area contributed by atoms with Gasteiger partial charge in [-0.15, -0.1) is 0 Å². The molecule has 6 nitrogen and oxygen atoms in total. The van der Waals surface area contributed by atoms with Gasteiger partial charge >= 0.3 is 0 Å². The lowest BCUT2D eigenvalue weighted by Gasteiger charge is -2.30. The molecular weight excluding hydrogens is 378 g/mol. The van der Waals surface area contributed by atoms with Gasteiger partial charge < -0.3 is 14.4 Å². The number of methoxy groups -OCH3 is 1. The highest BCUT2D eigenvalue weighted by Gasteiger charge is 2.25. The van der Waals surface area contributed by atoms with Gasteiger partial charge in [-0.25, -0.2) is 4.98 Å². The first kappa shape index (κ1) is 22.0. The second kappa shape index (κ2) is 10.3. The molecule has 0 bridgehead atoms. The summed E-state index contributed by atoms with van der Waals surface area (Å²) in [5, 5.41) is 3.78. The molecule has 1 N–H and O–H groups in total. The summed E-state index contributed by atoms with van der Waals surface area (Å²) in [6.07, 6.45) is 2.41. The fourth-order valence-corrected chi connectivity index (χ4v) is 2.76. The van der Waals surface area contributed by atoms with Crippen molar-refractivity contribution in [3.63, 3.8) is 0 Å². The van der Waals surface area contributed by atoms with E-state index < -0.39 is 0 Å². The smallest absolute Gasteiger partial charge is 0.236 e. The molecule has 1 atom stereocenters. The average Bonchev–Trinajstić information content (AvgIpc) is 2.71. The van der Waals surface area contributed by atoms with Crippen LogP contribution in [0.1, 0.15) is 25.8 Å². The number of carbonyl (C=O) groups excluding carboxylic acids is 1. The van der Waals surface area contributed by atoms with Crippen molar-refractivity contribution < 1.29 is 14.3 Å². The third kappa shape index (κ3) is 6.11. The number of halogens is 1. The first-order valence-electron chi connectivity index (χ1n) is 9.22. The summed E-state index contributed by atoms with van der Waals surface area (Å²) < 4.78 is 11.1. The number of ether oxygens (including phenoxy) is 2. The van der Waals surface area contributed by atoms with Gasteiger partial charge in [-0.2, -0.15) is 0 Å². The quantitative estimate of drug-likeness (QED) is 0.655. The molecule has 0 saturated heterocycles. The molecule has 1 aromatic carbocycles. The second-order valence-electron chi connectivity index (χ2n) is 6.91. The van der Waals surface area contributed by atoms with E-state index in [1.54, 1.807) is 37.4 Å². The molecular formula is C21H28ClN3O3. The summed E-state index contributed by atoms with van der Waals surface area (Å²) in [6.45, 7) is 5.09. The van der Waals surface area contributed by atoms with Crippen LogP contribution in [0.4, 0.5) is 0 Å². The maximum atomic E-state index is 12.6. The zero-order valence-electron chi connectivity index (χ0n) is 16.9. The standard InChI is InChI=1S/C21H28ClN3O3/c1-5-21(2,15-28-20-17(22)10-8-12-23-20)24-13-19(26)25(3)14-16-9-6-7-11-18(16)27-4/h6-12,24H,5,13-15H2,1-4H3/t21-/m0/s1. The second-order valence-corrected chi connectivity index (χ2v) is 7.32. The summed E-state index contributed by atoms with van der Waals surface area (Å²) >= 11 is 6.09. The van der Waals surface area contributed by atoms with Gasteiger partial charge in [-0.05, 0) is 31.5 Å². The molecule has 2 rings (SSSR count). The molecule has 0 fully saturated rings. The van der Waals surface area contributed by atoms with Crippen LogP contribution in [0, 0.1) is 0 Å². The lowest BCUT2D eigenvalue weighted by Crippen LogP contribution is -2.50. The Labute approximate surface area is 171 Å².